The first-order valence-corrected chi connectivity index (χ1v) is 5.64. The maximum Gasteiger partial charge on any atom is 0.103 e. The first-order chi connectivity index (χ1) is 7.69. The lowest BCUT2D eigenvalue weighted by molar-refractivity contribution is 1.32. The number of nitrogens with one attached hydrogen (secondary N) is 1. The summed E-state index contributed by atoms with van der Waals surface area (Å²) in [5.41, 5.74) is 3.39. The van der Waals surface area contributed by atoms with Crippen LogP contribution in [0.5, 0.6) is 0 Å². The van der Waals surface area contributed by atoms with Crippen LogP contribution in [0.25, 0.3) is 10.9 Å². The number of anilines is 1. The number of pyridine rings is 1. The minimum Gasteiger partial charge on any atom is -0.386 e. The Bertz CT molecular complexity index is 599. The second kappa shape index (κ2) is 4.11. The molecule has 16 heavy (non-hydrogen) atoms. The normalized spacial score (nSPS) is 10.1. The van der Waals surface area contributed by atoms with Crippen molar-refractivity contribution in [2.24, 2.45) is 0 Å². The zero-order valence-electron chi connectivity index (χ0n) is 9.00. The summed E-state index contributed by atoms with van der Waals surface area (Å²) in [4.78, 5) is 4.33. The maximum atomic E-state index is 9.02. The van der Waals surface area contributed by atoms with Crippen molar-refractivity contribution in [2.75, 3.05) is 12.4 Å². The number of aromatic nitrogens is 1. The molecule has 0 aliphatic carbocycles. The van der Waals surface area contributed by atoms with Crippen molar-refractivity contribution in [3.8, 4) is 6.07 Å². The van der Waals surface area contributed by atoms with E-state index in [0.29, 0.717) is 5.56 Å². The number of hydrogen-bond acceptors (Lipinski definition) is 3. The van der Waals surface area contributed by atoms with Gasteiger partial charge in [0.05, 0.1) is 16.8 Å². The Kier molecular flexibility index (Phi) is 2.80. The van der Waals surface area contributed by atoms with Gasteiger partial charge in [-0.2, -0.15) is 5.26 Å². The van der Waals surface area contributed by atoms with Gasteiger partial charge in [0.15, 0.2) is 0 Å². The minimum atomic E-state index is 0.557. The highest BCUT2D eigenvalue weighted by Gasteiger charge is 2.11. The number of rotatable bonds is 1. The lowest BCUT2D eigenvalue weighted by Crippen LogP contribution is -1.97. The van der Waals surface area contributed by atoms with Crippen LogP contribution in [0.2, 0.25) is 0 Å². The first-order valence-electron chi connectivity index (χ1n) is 4.84. The average molecular weight is 276 g/mol. The van der Waals surface area contributed by atoms with Gasteiger partial charge in [-0.3, -0.25) is 4.98 Å². The molecule has 0 spiro atoms. The summed E-state index contributed by atoms with van der Waals surface area (Å²) in [5, 5.41) is 13.0. The molecule has 0 saturated heterocycles. The van der Waals surface area contributed by atoms with E-state index in [0.717, 1.165) is 26.6 Å². The third kappa shape index (κ3) is 1.54. The molecular weight excluding hydrogens is 266 g/mol. The number of aryl methyl sites for hydroxylation is 1. The zero-order valence-corrected chi connectivity index (χ0v) is 10.6. The van der Waals surface area contributed by atoms with E-state index in [2.05, 4.69) is 32.3 Å². The third-order valence-electron chi connectivity index (χ3n) is 2.54. The number of halogens is 1. The summed E-state index contributed by atoms with van der Waals surface area (Å²) in [7, 11) is 1.81. The summed E-state index contributed by atoms with van der Waals surface area (Å²) in [6, 6.07) is 6.12. The minimum absolute atomic E-state index is 0.557. The van der Waals surface area contributed by atoms with Crippen LogP contribution < -0.4 is 5.32 Å². The third-order valence-corrected chi connectivity index (χ3v) is 3.20. The maximum absolute atomic E-state index is 9.02. The zero-order chi connectivity index (χ0) is 11.7. The fourth-order valence-corrected chi connectivity index (χ4v) is 2.27. The molecular formula is C12H10BrN3. The van der Waals surface area contributed by atoms with E-state index in [1.54, 1.807) is 6.20 Å². The lowest BCUT2D eigenvalue weighted by Gasteiger charge is -2.10. The molecule has 2 aromatic rings. The predicted molar refractivity (Wildman–Crippen MR) is 68.4 cm³/mol. The molecule has 1 heterocycles. The summed E-state index contributed by atoms with van der Waals surface area (Å²) in [5.74, 6) is 0. The molecule has 0 aliphatic rings. The summed E-state index contributed by atoms with van der Waals surface area (Å²) >= 11 is 3.50. The van der Waals surface area contributed by atoms with Crippen LogP contribution in [0.3, 0.4) is 0 Å². The van der Waals surface area contributed by atoms with Gasteiger partial charge in [0.2, 0.25) is 0 Å². The number of nitrogens with zero attached hydrogens (tertiary/aromatic N) is 2. The van der Waals surface area contributed by atoms with Crippen molar-refractivity contribution in [3.05, 3.63) is 33.9 Å². The highest BCUT2D eigenvalue weighted by Crippen LogP contribution is 2.33. The largest absolute Gasteiger partial charge is 0.386 e. The highest BCUT2D eigenvalue weighted by molar-refractivity contribution is 9.10. The van der Waals surface area contributed by atoms with Crippen LogP contribution in [-0.2, 0) is 0 Å². The quantitative estimate of drug-likeness (QED) is 0.870. The Balaban J connectivity index is 2.98. The molecule has 0 unspecified atom stereocenters. The second-order valence-electron chi connectivity index (χ2n) is 3.50. The van der Waals surface area contributed by atoms with Gasteiger partial charge >= 0.3 is 0 Å². The van der Waals surface area contributed by atoms with E-state index in [9.17, 15) is 0 Å². The van der Waals surface area contributed by atoms with Crippen molar-refractivity contribution in [1.29, 1.82) is 5.26 Å². The summed E-state index contributed by atoms with van der Waals surface area (Å²) in [6.07, 6.45) is 1.60. The van der Waals surface area contributed by atoms with E-state index in [-0.39, 0.29) is 0 Å². The van der Waals surface area contributed by atoms with Gasteiger partial charge in [-0.15, -0.1) is 0 Å². The topological polar surface area (TPSA) is 48.7 Å². The Morgan fingerprint density at radius 3 is 2.81 bits per heavy atom. The number of benzene rings is 1. The monoisotopic (exact) mass is 275 g/mol. The van der Waals surface area contributed by atoms with Gasteiger partial charge in [-0.25, -0.2) is 0 Å². The summed E-state index contributed by atoms with van der Waals surface area (Å²) < 4.78 is 0.946. The molecule has 0 aliphatic heterocycles. The van der Waals surface area contributed by atoms with Crippen LogP contribution in [-0.4, -0.2) is 12.0 Å². The van der Waals surface area contributed by atoms with Gasteiger partial charge in [0.25, 0.3) is 0 Å². The smallest absolute Gasteiger partial charge is 0.103 e. The number of hydrogen-bond donors (Lipinski definition) is 1. The molecule has 0 atom stereocenters. The predicted octanol–water partition coefficient (Wildman–Crippen LogP) is 3.22. The molecule has 2 rings (SSSR count). The Labute approximate surface area is 102 Å². The molecule has 1 aromatic carbocycles. The van der Waals surface area contributed by atoms with E-state index in [1.807, 2.05) is 26.1 Å². The Hall–Kier alpha value is -1.60. The fraction of sp³-hybridized carbons (Fsp3) is 0.167. The number of nitriles is 1. The summed E-state index contributed by atoms with van der Waals surface area (Å²) in [6.45, 7) is 2.01. The van der Waals surface area contributed by atoms with Gasteiger partial charge < -0.3 is 5.32 Å². The van der Waals surface area contributed by atoms with Crippen LogP contribution in [0, 0.1) is 18.3 Å². The van der Waals surface area contributed by atoms with E-state index >= 15 is 0 Å². The molecule has 80 valence electrons. The van der Waals surface area contributed by atoms with Crippen LogP contribution in [0.1, 0.15) is 11.1 Å². The second-order valence-corrected chi connectivity index (χ2v) is 4.35. The SMILES string of the molecule is CNc1c(C#N)cnc2c(C)ccc(Br)c12. The van der Waals surface area contributed by atoms with Gasteiger partial charge in [0.1, 0.15) is 6.07 Å². The van der Waals surface area contributed by atoms with Crippen molar-refractivity contribution < 1.29 is 0 Å². The van der Waals surface area contributed by atoms with Gasteiger partial charge in [-0.1, -0.05) is 22.0 Å². The molecule has 3 nitrogen and oxygen atoms in total. The average Bonchev–Trinajstić information content (AvgIpc) is 2.32. The lowest BCUT2D eigenvalue weighted by atomic mass is 10.1. The molecule has 1 N–H and O–H groups in total. The first kappa shape index (κ1) is 10.9. The highest BCUT2D eigenvalue weighted by atomic mass is 79.9. The Morgan fingerprint density at radius 2 is 2.19 bits per heavy atom. The van der Waals surface area contributed by atoms with Crippen molar-refractivity contribution in [1.82, 2.24) is 4.98 Å². The standard InChI is InChI=1S/C12H10BrN3/c1-7-3-4-9(13)10-11(7)16-6-8(5-14)12(10)15-2/h3-4,6H,1-2H3,(H,15,16). The molecule has 0 bridgehead atoms. The van der Waals surface area contributed by atoms with E-state index < -0.39 is 0 Å². The van der Waals surface area contributed by atoms with Crippen molar-refractivity contribution in [3.63, 3.8) is 0 Å². The van der Waals surface area contributed by atoms with Crippen molar-refractivity contribution in [2.45, 2.75) is 6.92 Å². The molecule has 0 radical (unpaired) electrons. The number of fused-ring (bicyclic) bond motifs is 1. The van der Waals surface area contributed by atoms with Crippen LogP contribution in [0.15, 0.2) is 22.8 Å². The Morgan fingerprint density at radius 1 is 1.44 bits per heavy atom. The van der Waals surface area contributed by atoms with E-state index in [4.69, 9.17) is 5.26 Å². The molecule has 0 amide bonds. The molecule has 1 aromatic heterocycles. The van der Waals surface area contributed by atoms with Crippen LogP contribution >= 0.6 is 15.9 Å². The molecule has 4 heteroatoms. The molecule has 0 saturated carbocycles. The van der Waals surface area contributed by atoms with Gasteiger partial charge in [-0.05, 0) is 18.6 Å². The fourth-order valence-electron chi connectivity index (χ4n) is 1.75. The van der Waals surface area contributed by atoms with Gasteiger partial charge in [0, 0.05) is 23.1 Å². The van der Waals surface area contributed by atoms with Crippen molar-refractivity contribution >= 4 is 32.5 Å². The van der Waals surface area contributed by atoms with Crippen LogP contribution in [0.4, 0.5) is 5.69 Å². The van der Waals surface area contributed by atoms with E-state index in [1.165, 1.54) is 0 Å². The molecule has 0 fully saturated rings.